The summed E-state index contributed by atoms with van der Waals surface area (Å²) in [6, 6.07) is 3.52. The first-order chi connectivity index (χ1) is 8.86. The molecule has 2 N–H and O–H groups in total. The van der Waals surface area contributed by atoms with Crippen LogP contribution in [0.15, 0.2) is 18.2 Å². The van der Waals surface area contributed by atoms with Gasteiger partial charge in [-0.05, 0) is 38.0 Å². The smallest absolute Gasteiger partial charge is 0.420 e. The molecule has 0 aliphatic carbocycles. The van der Waals surface area contributed by atoms with Crippen molar-refractivity contribution in [2.75, 3.05) is 12.3 Å². The highest BCUT2D eigenvalue weighted by Gasteiger charge is 2.35. The van der Waals surface area contributed by atoms with Gasteiger partial charge in [-0.2, -0.15) is 13.2 Å². The standard InChI is InChI=1S/C13H16F3NO2/c1-8-2-4-10(19-8)7-18-12-5-3-9(17)6-11(12)13(14,15)16/h3,5-6,8,10H,2,4,7,17H2,1H3. The van der Waals surface area contributed by atoms with Crippen LogP contribution in [0.2, 0.25) is 0 Å². The van der Waals surface area contributed by atoms with Crippen molar-refractivity contribution in [3.05, 3.63) is 23.8 Å². The molecule has 19 heavy (non-hydrogen) atoms. The zero-order valence-electron chi connectivity index (χ0n) is 10.5. The van der Waals surface area contributed by atoms with E-state index in [1.165, 1.54) is 12.1 Å². The summed E-state index contributed by atoms with van der Waals surface area (Å²) in [6.07, 6.45) is -2.77. The maximum atomic E-state index is 12.8. The number of nitrogens with two attached hydrogens (primary N) is 1. The average molecular weight is 275 g/mol. The van der Waals surface area contributed by atoms with Crippen LogP contribution >= 0.6 is 0 Å². The highest BCUT2D eigenvalue weighted by molar-refractivity contribution is 5.49. The van der Waals surface area contributed by atoms with Crippen molar-refractivity contribution in [3.63, 3.8) is 0 Å². The third-order valence-corrected chi connectivity index (χ3v) is 3.05. The first-order valence-corrected chi connectivity index (χ1v) is 6.11. The Labute approximate surface area is 109 Å². The second-order valence-corrected chi connectivity index (χ2v) is 4.71. The molecule has 0 bridgehead atoms. The third kappa shape index (κ3) is 3.53. The van der Waals surface area contributed by atoms with Crippen LogP contribution in [0.25, 0.3) is 0 Å². The molecule has 1 heterocycles. The third-order valence-electron chi connectivity index (χ3n) is 3.05. The van der Waals surface area contributed by atoms with Crippen LogP contribution in [-0.4, -0.2) is 18.8 Å². The zero-order valence-corrected chi connectivity index (χ0v) is 10.5. The minimum absolute atomic E-state index is 0.0606. The Morgan fingerprint density at radius 2 is 2.11 bits per heavy atom. The van der Waals surface area contributed by atoms with E-state index in [4.69, 9.17) is 15.2 Å². The van der Waals surface area contributed by atoms with Crippen molar-refractivity contribution in [1.29, 1.82) is 0 Å². The summed E-state index contributed by atoms with van der Waals surface area (Å²) >= 11 is 0. The second-order valence-electron chi connectivity index (χ2n) is 4.71. The summed E-state index contributed by atoms with van der Waals surface area (Å²) in [5, 5.41) is 0. The van der Waals surface area contributed by atoms with Gasteiger partial charge in [-0.25, -0.2) is 0 Å². The Balaban J connectivity index is 2.07. The van der Waals surface area contributed by atoms with Gasteiger partial charge in [0.1, 0.15) is 12.4 Å². The molecule has 6 heteroatoms. The Morgan fingerprint density at radius 3 is 2.68 bits per heavy atom. The van der Waals surface area contributed by atoms with Gasteiger partial charge in [0.15, 0.2) is 0 Å². The van der Waals surface area contributed by atoms with Crippen LogP contribution in [-0.2, 0) is 10.9 Å². The van der Waals surface area contributed by atoms with Crippen LogP contribution in [0.5, 0.6) is 5.75 Å². The fraction of sp³-hybridized carbons (Fsp3) is 0.538. The van der Waals surface area contributed by atoms with Crippen molar-refractivity contribution >= 4 is 5.69 Å². The largest absolute Gasteiger partial charge is 0.490 e. The van der Waals surface area contributed by atoms with Crippen LogP contribution in [0.3, 0.4) is 0 Å². The molecule has 0 spiro atoms. The van der Waals surface area contributed by atoms with E-state index in [-0.39, 0.29) is 30.3 Å². The van der Waals surface area contributed by atoms with Crippen LogP contribution < -0.4 is 10.5 Å². The zero-order chi connectivity index (χ0) is 14.0. The fourth-order valence-corrected chi connectivity index (χ4v) is 2.09. The number of anilines is 1. The molecule has 1 aliphatic heterocycles. The van der Waals surface area contributed by atoms with Gasteiger partial charge in [0, 0.05) is 5.69 Å². The molecule has 2 unspecified atom stereocenters. The monoisotopic (exact) mass is 275 g/mol. The molecule has 3 nitrogen and oxygen atoms in total. The topological polar surface area (TPSA) is 44.5 Å². The van der Waals surface area contributed by atoms with E-state index < -0.39 is 11.7 Å². The van der Waals surface area contributed by atoms with E-state index in [0.717, 1.165) is 18.9 Å². The van der Waals surface area contributed by atoms with Crippen molar-refractivity contribution in [1.82, 2.24) is 0 Å². The Bertz CT molecular complexity index is 448. The molecule has 2 atom stereocenters. The number of nitrogen functional groups attached to an aromatic ring is 1. The molecule has 2 rings (SSSR count). The van der Waals surface area contributed by atoms with Crippen molar-refractivity contribution in [2.24, 2.45) is 0 Å². The first kappa shape index (κ1) is 14.0. The van der Waals surface area contributed by atoms with E-state index in [0.29, 0.717) is 0 Å². The molecule has 0 radical (unpaired) electrons. The molecule has 1 aromatic carbocycles. The number of rotatable bonds is 3. The maximum absolute atomic E-state index is 12.8. The van der Waals surface area contributed by atoms with E-state index in [1.54, 1.807) is 0 Å². The Kier molecular flexibility index (Phi) is 3.89. The minimum Gasteiger partial charge on any atom is -0.490 e. The van der Waals surface area contributed by atoms with Gasteiger partial charge in [-0.15, -0.1) is 0 Å². The highest BCUT2D eigenvalue weighted by atomic mass is 19.4. The number of benzene rings is 1. The van der Waals surface area contributed by atoms with E-state index in [2.05, 4.69) is 0 Å². The van der Waals surface area contributed by atoms with E-state index in [1.807, 2.05) is 6.92 Å². The van der Waals surface area contributed by atoms with Crippen molar-refractivity contribution in [2.45, 2.75) is 38.1 Å². The van der Waals surface area contributed by atoms with Gasteiger partial charge in [0.05, 0.1) is 17.8 Å². The van der Waals surface area contributed by atoms with Gasteiger partial charge < -0.3 is 15.2 Å². The van der Waals surface area contributed by atoms with E-state index in [9.17, 15) is 13.2 Å². The predicted octanol–water partition coefficient (Wildman–Crippen LogP) is 3.23. The van der Waals surface area contributed by atoms with Gasteiger partial charge >= 0.3 is 6.18 Å². The van der Waals surface area contributed by atoms with Crippen LogP contribution in [0.1, 0.15) is 25.3 Å². The molecule has 0 saturated carbocycles. The molecular formula is C13H16F3NO2. The Morgan fingerprint density at radius 1 is 1.37 bits per heavy atom. The Hall–Kier alpha value is -1.43. The van der Waals surface area contributed by atoms with Gasteiger partial charge in [-0.3, -0.25) is 0 Å². The molecule has 1 aromatic rings. The molecule has 0 aromatic heterocycles. The van der Waals surface area contributed by atoms with Gasteiger partial charge in [-0.1, -0.05) is 0 Å². The van der Waals surface area contributed by atoms with E-state index >= 15 is 0 Å². The lowest BCUT2D eigenvalue weighted by Crippen LogP contribution is -2.19. The summed E-state index contributed by atoms with van der Waals surface area (Å²) in [5.41, 5.74) is 4.59. The molecular weight excluding hydrogens is 259 g/mol. The number of ether oxygens (including phenoxy) is 2. The highest BCUT2D eigenvalue weighted by Crippen LogP contribution is 2.37. The van der Waals surface area contributed by atoms with Gasteiger partial charge in [0.25, 0.3) is 0 Å². The summed E-state index contributed by atoms with van der Waals surface area (Å²) in [4.78, 5) is 0. The minimum atomic E-state index is -4.48. The summed E-state index contributed by atoms with van der Waals surface area (Å²) in [5.74, 6) is -0.204. The summed E-state index contributed by atoms with van der Waals surface area (Å²) in [6.45, 7) is 2.06. The molecule has 106 valence electrons. The number of halogens is 3. The number of hydrogen-bond acceptors (Lipinski definition) is 3. The summed E-state index contributed by atoms with van der Waals surface area (Å²) in [7, 11) is 0. The fourth-order valence-electron chi connectivity index (χ4n) is 2.09. The molecule has 1 saturated heterocycles. The first-order valence-electron chi connectivity index (χ1n) is 6.11. The maximum Gasteiger partial charge on any atom is 0.420 e. The quantitative estimate of drug-likeness (QED) is 0.861. The summed E-state index contributed by atoms with van der Waals surface area (Å²) < 4.78 is 49.2. The second kappa shape index (κ2) is 5.28. The average Bonchev–Trinajstić information content (AvgIpc) is 2.72. The normalized spacial score (nSPS) is 23.6. The van der Waals surface area contributed by atoms with Crippen molar-refractivity contribution in [3.8, 4) is 5.75 Å². The lowest BCUT2D eigenvalue weighted by atomic mass is 10.1. The lowest BCUT2D eigenvalue weighted by Gasteiger charge is -2.17. The lowest BCUT2D eigenvalue weighted by molar-refractivity contribution is -0.139. The van der Waals surface area contributed by atoms with Gasteiger partial charge in [0.2, 0.25) is 0 Å². The number of alkyl halides is 3. The predicted molar refractivity (Wildman–Crippen MR) is 64.9 cm³/mol. The van der Waals surface area contributed by atoms with Crippen LogP contribution in [0.4, 0.5) is 18.9 Å². The van der Waals surface area contributed by atoms with Crippen LogP contribution in [0, 0.1) is 0 Å². The number of hydrogen-bond donors (Lipinski definition) is 1. The SMILES string of the molecule is CC1CCC(COc2ccc(N)cc2C(F)(F)F)O1. The van der Waals surface area contributed by atoms with Crippen molar-refractivity contribution < 1.29 is 22.6 Å². The molecule has 0 amide bonds. The molecule has 1 fully saturated rings. The molecule has 1 aliphatic rings.